The topological polar surface area (TPSA) is 129 Å². The van der Waals surface area contributed by atoms with Crippen LogP contribution in [0.5, 0.6) is 5.75 Å². The van der Waals surface area contributed by atoms with Crippen molar-refractivity contribution >= 4 is 17.3 Å². The van der Waals surface area contributed by atoms with Crippen molar-refractivity contribution in [1.29, 1.82) is 0 Å². The zero-order chi connectivity index (χ0) is 24.1. The molecule has 0 spiro atoms. The minimum Gasteiger partial charge on any atom is -0.489 e. The number of pyridine rings is 1. The number of benzene rings is 2. The van der Waals surface area contributed by atoms with E-state index in [-0.39, 0.29) is 36.7 Å². The van der Waals surface area contributed by atoms with Gasteiger partial charge >= 0.3 is 0 Å². The number of aromatic nitrogens is 1. The molecular weight excluding hydrogens is 445 g/mol. The van der Waals surface area contributed by atoms with Crippen LogP contribution in [0.2, 0.25) is 0 Å². The molecule has 9 nitrogen and oxygen atoms in total. The van der Waals surface area contributed by atoms with Crippen LogP contribution in [0.3, 0.4) is 0 Å². The maximum Gasteiger partial charge on any atom is 0.295 e. The van der Waals surface area contributed by atoms with Crippen molar-refractivity contribution in [3.05, 3.63) is 97.7 Å². The van der Waals surface area contributed by atoms with Crippen LogP contribution in [-0.2, 0) is 6.54 Å². The SMILES string of the molecule is Nc1cc(OCCNC(=O)c2cccn(Cc3ccc(F)c(F)c3)c2=O)c(F)cc1[N+](=O)[O-]. The van der Waals surface area contributed by atoms with Crippen molar-refractivity contribution in [2.45, 2.75) is 6.54 Å². The Morgan fingerprint density at radius 3 is 2.58 bits per heavy atom. The lowest BCUT2D eigenvalue weighted by Crippen LogP contribution is -2.34. The molecule has 0 saturated heterocycles. The van der Waals surface area contributed by atoms with E-state index in [1.54, 1.807) is 0 Å². The van der Waals surface area contributed by atoms with Crippen molar-refractivity contribution in [3.63, 3.8) is 0 Å². The number of amides is 1. The summed E-state index contributed by atoms with van der Waals surface area (Å²) in [6, 6.07) is 7.54. The average molecular weight is 462 g/mol. The summed E-state index contributed by atoms with van der Waals surface area (Å²) < 4.78 is 46.7. The number of nitrogens with two attached hydrogens (primary N) is 1. The molecule has 3 rings (SSSR count). The molecular formula is C21H17F3N4O5. The van der Waals surface area contributed by atoms with E-state index in [0.717, 1.165) is 22.8 Å². The molecule has 0 saturated carbocycles. The summed E-state index contributed by atoms with van der Waals surface area (Å²) in [5.41, 5.74) is 4.07. The Morgan fingerprint density at radius 2 is 1.88 bits per heavy atom. The van der Waals surface area contributed by atoms with Crippen LogP contribution in [0.15, 0.2) is 53.5 Å². The van der Waals surface area contributed by atoms with Gasteiger partial charge in [0.2, 0.25) is 0 Å². The van der Waals surface area contributed by atoms with Gasteiger partial charge in [0.25, 0.3) is 17.2 Å². The molecule has 0 fully saturated rings. The number of nitrogens with one attached hydrogen (secondary N) is 1. The highest BCUT2D eigenvalue weighted by Gasteiger charge is 2.17. The molecule has 0 aliphatic heterocycles. The summed E-state index contributed by atoms with van der Waals surface area (Å²) >= 11 is 0. The highest BCUT2D eigenvalue weighted by Crippen LogP contribution is 2.29. The second-order valence-electron chi connectivity index (χ2n) is 6.81. The molecule has 3 aromatic rings. The first kappa shape index (κ1) is 23.3. The molecule has 0 bridgehead atoms. The second-order valence-corrected chi connectivity index (χ2v) is 6.81. The highest BCUT2D eigenvalue weighted by atomic mass is 19.2. The van der Waals surface area contributed by atoms with E-state index in [9.17, 15) is 32.9 Å². The molecule has 1 aromatic heterocycles. The van der Waals surface area contributed by atoms with Crippen LogP contribution in [0.1, 0.15) is 15.9 Å². The van der Waals surface area contributed by atoms with Crippen LogP contribution in [0, 0.1) is 27.6 Å². The summed E-state index contributed by atoms with van der Waals surface area (Å²) in [5.74, 6) is -4.13. The van der Waals surface area contributed by atoms with E-state index in [2.05, 4.69) is 5.32 Å². The highest BCUT2D eigenvalue weighted by molar-refractivity contribution is 5.93. The maximum absolute atomic E-state index is 13.9. The number of carbonyl (C=O) groups is 1. The lowest BCUT2D eigenvalue weighted by Gasteiger charge is -2.11. The van der Waals surface area contributed by atoms with Gasteiger partial charge in [-0.05, 0) is 29.8 Å². The van der Waals surface area contributed by atoms with Gasteiger partial charge in [0.1, 0.15) is 17.9 Å². The Balaban J connectivity index is 1.61. The number of rotatable bonds is 8. The quantitative estimate of drug-likeness (QED) is 0.229. The average Bonchev–Trinajstić information content (AvgIpc) is 2.76. The van der Waals surface area contributed by atoms with Crippen LogP contribution >= 0.6 is 0 Å². The predicted octanol–water partition coefficient (Wildman–Crippen LogP) is 2.61. The smallest absolute Gasteiger partial charge is 0.295 e. The number of nitrogen functional groups attached to an aromatic ring is 1. The van der Waals surface area contributed by atoms with Gasteiger partial charge in [-0.25, -0.2) is 13.2 Å². The lowest BCUT2D eigenvalue weighted by atomic mass is 10.2. The van der Waals surface area contributed by atoms with E-state index in [4.69, 9.17) is 10.5 Å². The van der Waals surface area contributed by atoms with Gasteiger partial charge in [0.15, 0.2) is 23.2 Å². The summed E-state index contributed by atoms with van der Waals surface area (Å²) in [4.78, 5) is 34.9. The van der Waals surface area contributed by atoms with E-state index < -0.39 is 39.5 Å². The molecule has 2 aromatic carbocycles. The molecule has 0 unspecified atom stereocenters. The summed E-state index contributed by atoms with van der Waals surface area (Å²) in [6.07, 6.45) is 1.39. The van der Waals surface area contributed by atoms with Gasteiger partial charge in [0.05, 0.1) is 24.1 Å². The number of halogens is 3. The van der Waals surface area contributed by atoms with Gasteiger partial charge < -0.3 is 20.4 Å². The largest absolute Gasteiger partial charge is 0.489 e. The van der Waals surface area contributed by atoms with Gasteiger partial charge in [-0.1, -0.05) is 6.07 Å². The van der Waals surface area contributed by atoms with E-state index >= 15 is 0 Å². The zero-order valence-corrected chi connectivity index (χ0v) is 16.9. The molecule has 1 heterocycles. The van der Waals surface area contributed by atoms with Crippen LogP contribution in [0.4, 0.5) is 24.5 Å². The van der Waals surface area contributed by atoms with Gasteiger partial charge in [-0.3, -0.25) is 19.7 Å². The van der Waals surface area contributed by atoms with Gasteiger partial charge in [-0.2, -0.15) is 0 Å². The van der Waals surface area contributed by atoms with E-state index in [0.29, 0.717) is 11.6 Å². The Kier molecular flexibility index (Phi) is 6.96. The van der Waals surface area contributed by atoms with Crippen molar-refractivity contribution < 1.29 is 27.6 Å². The van der Waals surface area contributed by atoms with Crippen molar-refractivity contribution in [1.82, 2.24) is 9.88 Å². The Labute approximate surface area is 184 Å². The van der Waals surface area contributed by atoms with Crippen LogP contribution in [-0.4, -0.2) is 28.5 Å². The predicted molar refractivity (Wildman–Crippen MR) is 111 cm³/mol. The Hall–Kier alpha value is -4.35. The fraction of sp³-hybridized carbons (Fsp3) is 0.143. The van der Waals surface area contributed by atoms with E-state index in [1.807, 2.05) is 0 Å². The lowest BCUT2D eigenvalue weighted by molar-refractivity contribution is -0.384. The molecule has 1 amide bonds. The third-order valence-corrected chi connectivity index (χ3v) is 4.52. The number of anilines is 1. The number of hydrogen-bond acceptors (Lipinski definition) is 6. The minimum atomic E-state index is -1.05. The van der Waals surface area contributed by atoms with Crippen molar-refractivity contribution in [3.8, 4) is 5.75 Å². The Morgan fingerprint density at radius 1 is 1.12 bits per heavy atom. The number of nitro benzene ring substituents is 1. The molecule has 0 aliphatic rings. The number of nitro groups is 1. The first-order valence-corrected chi connectivity index (χ1v) is 9.45. The summed E-state index contributed by atoms with van der Waals surface area (Å²) in [5, 5.41) is 13.2. The molecule has 33 heavy (non-hydrogen) atoms. The molecule has 0 aliphatic carbocycles. The zero-order valence-electron chi connectivity index (χ0n) is 16.9. The van der Waals surface area contributed by atoms with Crippen molar-refractivity contribution in [2.24, 2.45) is 0 Å². The normalized spacial score (nSPS) is 10.6. The van der Waals surface area contributed by atoms with E-state index in [1.165, 1.54) is 24.4 Å². The van der Waals surface area contributed by atoms with Gasteiger partial charge in [0, 0.05) is 12.3 Å². The number of ether oxygens (including phenoxy) is 1. The summed E-state index contributed by atoms with van der Waals surface area (Å²) in [7, 11) is 0. The van der Waals surface area contributed by atoms with Gasteiger partial charge in [-0.15, -0.1) is 0 Å². The Bertz CT molecular complexity index is 1280. The van der Waals surface area contributed by atoms with Crippen LogP contribution in [0.25, 0.3) is 0 Å². The third-order valence-electron chi connectivity index (χ3n) is 4.52. The number of hydrogen-bond donors (Lipinski definition) is 2. The number of carbonyl (C=O) groups excluding carboxylic acids is 1. The fourth-order valence-electron chi connectivity index (χ4n) is 2.92. The first-order valence-electron chi connectivity index (χ1n) is 9.45. The third kappa shape index (κ3) is 5.47. The first-order chi connectivity index (χ1) is 15.7. The fourth-order valence-corrected chi connectivity index (χ4v) is 2.92. The number of nitrogens with zero attached hydrogens (tertiary/aromatic N) is 2. The monoisotopic (exact) mass is 462 g/mol. The molecule has 3 N–H and O–H groups in total. The molecule has 172 valence electrons. The second kappa shape index (κ2) is 9.85. The molecule has 12 heteroatoms. The standard InChI is InChI=1S/C21H17F3N4O5/c22-14-4-3-12(8-15(14)23)11-27-6-1-2-13(21(27)30)20(29)26-5-7-33-19-10-17(25)18(28(31)32)9-16(19)24/h1-4,6,8-10H,5,7,11,25H2,(H,26,29). The minimum absolute atomic E-state index is 0.0822. The molecule has 0 radical (unpaired) electrons. The summed E-state index contributed by atoms with van der Waals surface area (Å²) in [6.45, 7) is -0.413. The van der Waals surface area contributed by atoms with Crippen molar-refractivity contribution in [2.75, 3.05) is 18.9 Å². The molecule has 0 atom stereocenters. The maximum atomic E-state index is 13.9. The van der Waals surface area contributed by atoms with Crippen LogP contribution < -0.4 is 21.3 Å².